The van der Waals surface area contributed by atoms with Gasteiger partial charge in [0.25, 0.3) is 0 Å². The summed E-state index contributed by atoms with van der Waals surface area (Å²) in [6.45, 7) is 0. The van der Waals surface area contributed by atoms with Gasteiger partial charge in [-0.05, 0) is 29.7 Å². The van der Waals surface area contributed by atoms with Gasteiger partial charge in [-0.3, -0.25) is 0 Å². The van der Waals surface area contributed by atoms with Crippen LogP contribution in [0.2, 0.25) is 0 Å². The molecular weight excluding hydrogens is 192 g/mol. The zero-order valence-corrected chi connectivity index (χ0v) is 9.29. The average molecular weight is 208 g/mol. The highest BCUT2D eigenvalue weighted by atomic mass is 14.5. The third kappa shape index (κ3) is 1.16. The maximum Gasteiger partial charge on any atom is 0.00494 e. The van der Waals surface area contributed by atoms with Gasteiger partial charge in [-0.2, -0.15) is 0 Å². The van der Waals surface area contributed by atoms with Crippen LogP contribution in [0.4, 0.5) is 0 Å². The average Bonchev–Trinajstić information content (AvgIpc) is 3.09. The van der Waals surface area contributed by atoms with E-state index < -0.39 is 0 Å². The number of allylic oxidation sites excluding steroid dienone is 10. The molecule has 4 aliphatic carbocycles. The van der Waals surface area contributed by atoms with Crippen LogP contribution in [0.15, 0.2) is 60.3 Å². The van der Waals surface area contributed by atoms with Crippen LogP contribution in [0, 0.1) is 29.6 Å². The van der Waals surface area contributed by atoms with E-state index in [4.69, 9.17) is 0 Å². The van der Waals surface area contributed by atoms with Crippen molar-refractivity contribution in [1.29, 1.82) is 0 Å². The summed E-state index contributed by atoms with van der Waals surface area (Å²) in [5.74, 6) is 3.98. The zero-order chi connectivity index (χ0) is 10.5. The Morgan fingerprint density at radius 1 is 0.875 bits per heavy atom. The van der Waals surface area contributed by atoms with E-state index in [0.717, 1.165) is 17.8 Å². The van der Waals surface area contributed by atoms with Gasteiger partial charge in [0.2, 0.25) is 0 Å². The molecule has 0 aliphatic heterocycles. The van der Waals surface area contributed by atoms with Crippen LogP contribution in [0.1, 0.15) is 6.42 Å². The van der Waals surface area contributed by atoms with E-state index in [1.165, 1.54) is 6.42 Å². The highest BCUT2D eigenvalue weighted by Crippen LogP contribution is 2.57. The first-order valence-electron chi connectivity index (χ1n) is 6.35. The largest absolute Gasteiger partial charge is 0.0802 e. The molecule has 5 unspecified atom stereocenters. The quantitative estimate of drug-likeness (QED) is 0.570. The predicted molar refractivity (Wildman–Crippen MR) is 66.7 cm³/mol. The Balaban J connectivity index is 1.79. The number of fused-ring (bicyclic) bond motifs is 5. The van der Waals surface area contributed by atoms with Crippen molar-refractivity contribution in [2.24, 2.45) is 29.6 Å². The SMILES string of the molecule is C1=CC2=CC3C=CC=CC3C3CC3C2C=C1. The zero-order valence-electron chi connectivity index (χ0n) is 9.29. The van der Waals surface area contributed by atoms with Crippen LogP contribution in [0.5, 0.6) is 0 Å². The monoisotopic (exact) mass is 208 g/mol. The van der Waals surface area contributed by atoms with Gasteiger partial charge in [0, 0.05) is 11.8 Å². The molecule has 0 bridgehead atoms. The fourth-order valence-corrected chi connectivity index (χ4v) is 3.68. The minimum absolute atomic E-state index is 0.649. The fraction of sp³-hybridized carbons (Fsp3) is 0.375. The molecule has 80 valence electrons. The summed E-state index contributed by atoms with van der Waals surface area (Å²) in [6, 6.07) is 0. The van der Waals surface area contributed by atoms with Crippen molar-refractivity contribution in [2.75, 3.05) is 0 Å². The summed E-state index contributed by atoms with van der Waals surface area (Å²) in [5, 5.41) is 0. The van der Waals surface area contributed by atoms with Gasteiger partial charge in [-0.25, -0.2) is 0 Å². The maximum absolute atomic E-state index is 2.50. The molecule has 0 amide bonds. The van der Waals surface area contributed by atoms with E-state index >= 15 is 0 Å². The second kappa shape index (κ2) is 3.10. The molecule has 4 aliphatic rings. The number of hydrogen-bond donors (Lipinski definition) is 0. The van der Waals surface area contributed by atoms with Crippen LogP contribution in [-0.2, 0) is 0 Å². The van der Waals surface area contributed by atoms with Crippen molar-refractivity contribution < 1.29 is 0 Å². The molecule has 0 aromatic carbocycles. The van der Waals surface area contributed by atoms with Crippen LogP contribution < -0.4 is 0 Å². The molecule has 0 aromatic heterocycles. The Labute approximate surface area is 96.7 Å². The lowest BCUT2D eigenvalue weighted by Crippen LogP contribution is -2.12. The Kier molecular flexibility index (Phi) is 1.71. The van der Waals surface area contributed by atoms with E-state index in [9.17, 15) is 0 Å². The first-order valence-corrected chi connectivity index (χ1v) is 6.35. The van der Waals surface area contributed by atoms with Crippen LogP contribution in [0.3, 0.4) is 0 Å². The lowest BCUT2D eigenvalue weighted by molar-refractivity contribution is 0.456. The van der Waals surface area contributed by atoms with Gasteiger partial charge >= 0.3 is 0 Å². The normalized spacial score (nSPS) is 46.5. The van der Waals surface area contributed by atoms with Gasteiger partial charge in [0.05, 0.1) is 0 Å². The molecule has 1 fully saturated rings. The Hall–Kier alpha value is -1.30. The lowest BCUT2D eigenvalue weighted by Gasteiger charge is -2.20. The minimum atomic E-state index is 0.649. The van der Waals surface area contributed by atoms with Crippen LogP contribution >= 0.6 is 0 Å². The number of rotatable bonds is 0. The summed E-state index contributed by atoms with van der Waals surface area (Å²) in [6.07, 6.45) is 22.3. The molecule has 0 aromatic rings. The van der Waals surface area contributed by atoms with E-state index in [1.807, 2.05) is 0 Å². The van der Waals surface area contributed by atoms with Crippen molar-refractivity contribution in [3.05, 3.63) is 60.3 Å². The van der Waals surface area contributed by atoms with Gasteiger partial charge in [-0.15, -0.1) is 0 Å². The first kappa shape index (κ1) is 8.81. The smallest absolute Gasteiger partial charge is 0.00494 e. The van der Waals surface area contributed by atoms with Crippen LogP contribution in [-0.4, -0.2) is 0 Å². The molecule has 0 heteroatoms. The molecule has 1 saturated carbocycles. The molecule has 4 rings (SSSR count). The Morgan fingerprint density at radius 2 is 1.75 bits per heavy atom. The maximum atomic E-state index is 2.50. The summed E-state index contributed by atoms with van der Waals surface area (Å²) in [5.41, 5.74) is 1.56. The second-order valence-electron chi connectivity index (χ2n) is 5.42. The van der Waals surface area contributed by atoms with Crippen molar-refractivity contribution in [3.8, 4) is 0 Å². The highest BCUT2D eigenvalue weighted by molar-refractivity contribution is 5.40. The van der Waals surface area contributed by atoms with Crippen LogP contribution in [0.25, 0.3) is 0 Å². The summed E-state index contributed by atoms with van der Waals surface area (Å²) < 4.78 is 0. The predicted octanol–water partition coefficient (Wildman–Crippen LogP) is 3.66. The van der Waals surface area contributed by atoms with Crippen molar-refractivity contribution in [1.82, 2.24) is 0 Å². The van der Waals surface area contributed by atoms with E-state index in [-0.39, 0.29) is 0 Å². The molecule has 0 heterocycles. The van der Waals surface area contributed by atoms with Gasteiger partial charge in [-0.1, -0.05) is 54.7 Å². The lowest BCUT2D eigenvalue weighted by atomic mass is 9.84. The standard InChI is InChI=1S/C16H16/c1-3-7-13-11(5-1)9-12-6-2-4-8-14(12)16-10-15(13)16/h1-9,11,13-16H,10H2. The summed E-state index contributed by atoms with van der Waals surface area (Å²) in [7, 11) is 0. The third-order valence-electron chi connectivity index (χ3n) is 4.56. The molecule has 0 spiro atoms. The molecule has 0 radical (unpaired) electrons. The summed E-state index contributed by atoms with van der Waals surface area (Å²) in [4.78, 5) is 0. The van der Waals surface area contributed by atoms with Crippen molar-refractivity contribution in [3.63, 3.8) is 0 Å². The molecule has 0 saturated heterocycles. The molecule has 0 nitrogen and oxygen atoms in total. The van der Waals surface area contributed by atoms with Gasteiger partial charge in [0.15, 0.2) is 0 Å². The number of hydrogen-bond acceptors (Lipinski definition) is 0. The van der Waals surface area contributed by atoms with Crippen molar-refractivity contribution in [2.45, 2.75) is 6.42 Å². The minimum Gasteiger partial charge on any atom is -0.0802 e. The van der Waals surface area contributed by atoms with E-state index in [0.29, 0.717) is 11.8 Å². The Bertz CT molecular complexity index is 458. The first-order chi connectivity index (χ1) is 7.93. The van der Waals surface area contributed by atoms with Gasteiger partial charge in [0.1, 0.15) is 0 Å². The second-order valence-corrected chi connectivity index (χ2v) is 5.42. The highest BCUT2D eigenvalue weighted by Gasteiger charge is 2.50. The molecule has 5 atom stereocenters. The Morgan fingerprint density at radius 3 is 2.75 bits per heavy atom. The third-order valence-corrected chi connectivity index (χ3v) is 4.56. The molecule has 16 heavy (non-hydrogen) atoms. The van der Waals surface area contributed by atoms with E-state index in [2.05, 4.69) is 54.7 Å². The summed E-state index contributed by atoms with van der Waals surface area (Å²) >= 11 is 0. The fourth-order valence-electron chi connectivity index (χ4n) is 3.68. The van der Waals surface area contributed by atoms with Crippen molar-refractivity contribution >= 4 is 0 Å². The topological polar surface area (TPSA) is 0 Å². The molecule has 0 N–H and O–H groups in total. The molecular formula is C16H16. The van der Waals surface area contributed by atoms with Gasteiger partial charge < -0.3 is 0 Å². The van der Waals surface area contributed by atoms with E-state index in [1.54, 1.807) is 5.57 Å².